The summed E-state index contributed by atoms with van der Waals surface area (Å²) in [6, 6.07) is 0. The van der Waals surface area contributed by atoms with Crippen LogP contribution in [0, 0.1) is 0 Å². The van der Waals surface area contributed by atoms with Crippen molar-refractivity contribution in [2.24, 2.45) is 0 Å². The van der Waals surface area contributed by atoms with Crippen LogP contribution in [-0.2, 0) is 0 Å². The minimum Gasteiger partial charge on any atom is -0.388 e. The van der Waals surface area contributed by atoms with Gasteiger partial charge in [-0.25, -0.2) is 0 Å². The Balaban J connectivity index is 3.17. The van der Waals surface area contributed by atoms with Gasteiger partial charge in [0.1, 0.15) is 0 Å². The van der Waals surface area contributed by atoms with Gasteiger partial charge in [0.25, 0.3) is 0 Å². The molecule has 0 saturated carbocycles. The standard InChI is InChI=1S/C6H13NO/c1-3-4-6(8)5-7-2/h3-4,6-8H,5H2,1-2H3/b4-3+. The molecule has 2 N–H and O–H groups in total. The molecule has 8 heavy (non-hydrogen) atoms. The van der Waals surface area contributed by atoms with Crippen molar-refractivity contribution in [1.29, 1.82) is 0 Å². The third-order valence-corrected chi connectivity index (χ3v) is 0.828. The quantitative estimate of drug-likeness (QED) is 0.513. The fraction of sp³-hybridized carbons (Fsp3) is 0.667. The van der Waals surface area contributed by atoms with Crippen molar-refractivity contribution in [3.05, 3.63) is 12.2 Å². The molecule has 0 aliphatic rings. The molecule has 0 heterocycles. The summed E-state index contributed by atoms with van der Waals surface area (Å²) in [6.45, 7) is 2.52. The predicted molar refractivity (Wildman–Crippen MR) is 34.7 cm³/mol. The van der Waals surface area contributed by atoms with Gasteiger partial charge in [0.2, 0.25) is 0 Å². The van der Waals surface area contributed by atoms with Crippen LogP contribution in [0.15, 0.2) is 12.2 Å². The van der Waals surface area contributed by atoms with Gasteiger partial charge in [0.15, 0.2) is 0 Å². The number of allylic oxidation sites excluding steroid dienone is 1. The average Bonchev–Trinajstić information content (AvgIpc) is 1.68. The number of hydrogen-bond donors (Lipinski definition) is 2. The number of likely N-dealkylation sites (N-methyl/N-ethyl adjacent to an activating group) is 1. The summed E-state index contributed by atoms with van der Waals surface area (Å²) in [4.78, 5) is 0. The Hall–Kier alpha value is -0.340. The maximum Gasteiger partial charge on any atom is 0.0845 e. The van der Waals surface area contributed by atoms with E-state index >= 15 is 0 Å². The van der Waals surface area contributed by atoms with Gasteiger partial charge >= 0.3 is 0 Å². The van der Waals surface area contributed by atoms with E-state index in [1.807, 2.05) is 20.0 Å². The van der Waals surface area contributed by atoms with Crippen molar-refractivity contribution in [3.8, 4) is 0 Å². The Morgan fingerprint density at radius 3 is 2.75 bits per heavy atom. The molecule has 0 fully saturated rings. The zero-order valence-electron chi connectivity index (χ0n) is 5.39. The molecule has 0 aromatic carbocycles. The maximum absolute atomic E-state index is 8.90. The average molecular weight is 115 g/mol. The van der Waals surface area contributed by atoms with Gasteiger partial charge < -0.3 is 10.4 Å². The molecule has 1 unspecified atom stereocenters. The van der Waals surface area contributed by atoms with E-state index in [1.54, 1.807) is 6.08 Å². The van der Waals surface area contributed by atoms with E-state index in [9.17, 15) is 0 Å². The molecule has 0 aliphatic heterocycles. The molecule has 0 spiro atoms. The van der Waals surface area contributed by atoms with Gasteiger partial charge in [0, 0.05) is 6.54 Å². The molecule has 0 aromatic heterocycles. The van der Waals surface area contributed by atoms with Gasteiger partial charge in [-0.05, 0) is 14.0 Å². The molecular formula is C6H13NO. The molecule has 0 rings (SSSR count). The fourth-order valence-electron chi connectivity index (χ4n) is 0.499. The lowest BCUT2D eigenvalue weighted by Gasteiger charge is -2.00. The second-order valence-electron chi connectivity index (χ2n) is 1.65. The van der Waals surface area contributed by atoms with E-state index in [1.165, 1.54) is 0 Å². The van der Waals surface area contributed by atoms with Gasteiger partial charge in [0.05, 0.1) is 6.10 Å². The molecule has 48 valence electrons. The number of hydrogen-bond acceptors (Lipinski definition) is 2. The van der Waals surface area contributed by atoms with Crippen molar-refractivity contribution in [3.63, 3.8) is 0 Å². The van der Waals surface area contributed by atoms with E-state index in [2.05, 4.69) is 5.32 Å². The second-order valence-corrected chi connectivity index (χ2v) is 1.65. The topological polar surface area (TPSA) is 32.3 Å². The minimum atomic E-state index is -0.329. The SMILES string of the molecule is C/C=C/C(O)CNC. The van der Waals surface area contributed by atoms with Gasteiger partial charge in [-0.2, -0.15) is 0 Å². The first kappa shape index (κ1) is 7.66. The molecule has 2 nitrogen and oxygen atoms in total. The molecule has 0 radical (unpaired) electrons. The van der Waals surface area contributed by atoms with E-state index in [0.29, 0.717) is 6.54 Å². The maximum atomic E-state index is 8.90. The summed E-state index contributed by atoms with van der Waals surface area (Å²) in [5.74, 6) is 0. The minimum absolute atomic E-state index is 0.329. The van der Waals surface area contributed by atoms with Crippen LogP contribution < -0.4 is 5.32 Å². The Labute approximate surface area is 50.2 Å². The van der Waals surface area contributed by atoms with Gasteiger partial charge in [-0.3, -0.25) is 0 Å². The molecule has 0 aromatic rings. The summed E-state index contributed by atoms with van der Waals surface area (Å²) in [5.41, 5.74) is 0. The van der Waals surface area contributed by atoms with Crippen LogP contribution in [0.3, 0.4) is 0 Å². The number of rotatable bonds is 3. The highest BCUT2D eigenvalue weighted by molar-refractivity contribution is 4.85. The van der Waals surface area contributed by atoms with Gasteiger partial charge in [-0.1, -0.05) is 12.2 Å². The highest BCUT2D eigenvalue weighted by atomic mass is 16.3. The summed E-state index contributed by atoms with van der Waals surface area (Å²) < 4.78 is 0. The first-order chi connectivity index (χ1) is 3.81. The summed E-state index contributed by atoms with van der Waals surface area (Å²) in [6.07, 6.45) is 3.25. The molecule has 1 atom stereocenters. The third-order valence-electron chi connectivity index (χ3n) is 0.828. The zero-order chi connectivity index (χ0) is 6.41. The summed E-state index contributed by atoms with van der Waals surface area (Å²) >= 11 is 0. The van der Waals surface area contributed by atoms with Crippen molar-refractivity contribution in [2.75, 3.05) is 13.6 Å². The van der Waals surface area contributed by atoms with Crippen LogP contribution >= 0.6 is 0 Å². The monoisotopic (exact) mass is 115 g/mol. The largest absolute Gasteiger partial charge is 0.388 e. The first-order valence-electron chi connectivity index (χ1n) is 2.76. The second kappa shape index (κ2) is 4.81. The van der Waals surface area contributed by atoms with Crippen molar-refractivity contribution in [2.45, 2.75) is 13.0 Å². The van der Waals surface area contributed by atoms with Crippen LogP contribution in [0.4, 0.5) is 0 Å². The Kier molecular flexibility index (Phi) is 4.61. The van der Waals surface area contributed by atoms with Crippen molar-refractivity contribution < 1.29 is 5.11 Å². The fourth-order valence-corrected chi connectivity index (χ4v) is 0.499. The first-order valence-corrected chi connectivity index (χ1v) is 2.76. The normalized spacial score (nSPS) is 14.9. The Morgan fingerprint density at radius 1 is 1.75 bits per heavy atom. The Morgan fingerprint density at radius 2 is 2.38 bits per heavy atom. The van der Waals surface area contributed by atoms with E-state index in [-0.39, 0.29) is 6.10 Å². The van der Waals surface area contributed by atoms with Crippen LogP contribution in [0.1, 0.15) is 6.92 Å². The van der Waals surface area contributed by atoms with Crippen LogP contribution in [0.5, 0.6) is 0 Å². The third kappa shape index (κ3) is 3.84. The summed E-state index contributed by atoms with van der Waals surface area (Å²) in [7, 11) is 1.81. The highest BCUT2D eigenvalue weighted by Crippen LogP contribution is 1.80. The molecule has 0 bridgehead atoms. The number of aliphatic hydroxyl groups is 1. The van der Waals surface area contributed by atoms with E-state index in [0.717, 1.165) is 0 Å². The molecule has 2 heteroatoms. The molecule has 0 amide bonds. The lowest BCUT2D eigenvalue weighted by Crippen LogP contribution is -2.20. The van der Waals surface area contributed by atoms with Crippen LogP contribution in [0.25, 0.3) is 0 Å². The summed E-state index contributed by atoms with van der Waals surface area (Å²) in [5, 5.41) is 11.8. The molecule has 0 saturated heterocycles. The van der Waals surface area contributed by atoms with Gasteiger partial charge in [-0.15, -0.1) is 0 Å². The number of nitrogens with one attached hydrogen (secondary N) is 1. The lowest BCUT2D eigenvalue weighted by molar-refractivity contribution is 0.222. The molecule has 0 aliphatic carbocycles. The lowest BCUT2D eigenvalue weighted by atomic mass is 10.3. The van der Waals surface area contributed by atoms with Crippen molar-refractivity contribution in [1.82, 2.24) is 5.32 Å². The number of aliphatic hydroxyl groups excluding tert-OH is 1. The van der Waals surface area contributed by atoms with E-state index < -0.39 is 0 Å². The predicted octanol–water partition coefficient (Wildman–Crippen LogP) is 0.143. The van der Waals surface area contributed by atoms with Crippen LogP contribution in [0.2, 0.25) is 0 Å². The molecular weight excluding hydrogens is 102 g/mol. The Bertz CT molecular complexity index is 70.9. The van der Waals surface area contributed by atoms with E-state index in [4.69, 9.17) is 5.11 Å². The van der Waals surface area contributed by atoms with Crippen molar-refractivity contribution >= 4 is 0 Å². The highest BCUT2D eigenvalue weighted by Gasteiger charge is 1.91. The smallest absolute Gasteiger partial charge is 0.0845 e. The zero-order valence-corrected chi connectivity index (χ0v) is 5.39. The van der Waals surface area contributed by atoms with Crippen LogP contribution in [-0.4, -0.2) is 24.8 Å².